The Kier molecular flexibility index (Phi) is 4.78. The van der Waals surface area contributed by atoms with Gasteiger partial charge in [0.15, 0.2) is 0 Å². The lowest BCUT2D eigenvalue weighted by atomic mass is 10.1. The van der Waals surface area contributed by atoms with E-state index in [1.165, 1.54) is 12.1 Å². The maximum atomic E-state index is 13.5. The molecule has 0 atom stereocenters. The number of hydrogen-bond donors (Lipinski definition) is 1. The van der Waals surface area contributed by atoms with Crippen molar-refractivity contribution in [3.63, 3.8) is 0 Å². The smallest absolute Gasteiger partial charge is 0.149 e. The number of aromatic amines is 1. The first-order valence-corrected chi connectivity index (χ1v) is 10.1. The maximum absolute atomic E-state index is 13.5. The van der Waals surface area contributed by atoms with Crippen molar-refractivity contribution in [3.05, 3.63) is 101 Å². The van der Waals surface area contributed by atoms with Crippen LogP contribution in [0, 0.1) is 17.1 Å². The average Bonchev–Trinajstić information content (AvgIpc) is 3.35. The molecule has 0 fully saturated rings. The molecule has 0 aliphatic carbocycles. The molecule has 6 heteroatoms. The largest absolute Gasteiger partial charge is 0.342 e. The number of halogens is 2. The van der Waals surface area contributed by atoms with Gasteiger partial charge >= 0.3 is 0 Å². The minimum Gasteiger partial charge on any atom is -0.342 e. The number of aromatic nitrogens is 3. The molecule has 2 heterocycles. The van der Waals surface area contributed by atoms with Crippen LogP contribution in [0.5, 0.6) is 0 Å². The fraction of sp³-hybridized carbons (Fsp3) is 0.0400. The number of nitriles is 1. The Morgan fingerprint density at radius 1 is 1.13 bits per heavy atom. The fourth-order valence-corrected chi connectivity index (χ4v) is 3.95. The molecule has 0 radical (unpaired) electrons. The first-order chi connectivity index (χ1) is 15.1. The van der Waals surface area contributed by atoms with Crippen LogP contribution in [0.25, 0.3) is 33.6 Å². The van der Waals surface area contributed by atoms with E-state index in [0.29, 0.717) is 34.0 Å². The molecule has 31 heavy (non-hydrogen) atoms. The lowest BCUT2D eigenvalue weighted by molar-refractivity contribution is 0.629. The molecule has 0 spiro atoms. The van der Waals surface area contributed by atoms with Crippen LogP contribution in [0.1, 0.15) is 17.0 Å². The third-order valence-electron chi connectivity index (χ3n) is 5.24. The number of allylic oxidation sites excluding steroid dienone is 1. The average molecular weight is 427 g/mol. The Balaban J connectivity index is 1.61. The molecule has 4 nitrogen and oxygen atoms in total. The minimum atomic E-state index is -0.354. The van der Waals surface area contributed by atoms with Gasteiger partial charge in [-0.05, 0) is 42.0 Å². The molecule has 3 aromatic carbocycles. The molecule has 0 aliphatic rings. The van der Waals surface area contributed by atoms with E-state index in [2.05, 4.69) is 20.6 Å². The highest BCUT2D eigenvalue weighted by molar-refractivity contribution is 6.31. The molecule has 0 saturated carbocycles. The van der Waals surface area contributed by atoms with Gasteiger partial charge in [-0.25, -0.2) is 9.37 Å². The third-order valence-corrected chi connectivity index (χ3v) is 5.61. The van der Waals surface area contributed by atoms with E-state index in [1.54, 1.807) is 12.1 Å². The van der Waals surface area contributed by atoms with Crippen molar-refractivity contribution < 1.29 is 4.39 Å². The van der Waals surface area contributed by atoms with E-state index >= 15 is 0 Å². The van der Waals surface area contributed by atoms with Crippen LogP contribution in [-0.2, 0) is 6.54 Å². The molecule has 2 aromatic heterocycles. The van der Waals surface area contributed by atoms with Gasteiger partial charge in [0.25, 0.3) is 0 Å². The predicted molar refractivity (Wildman–Crippen MR) is 122 cm³/mol. The Morgan fingerprint density at radius 3 is 2.77 bits per heavy atom. The number of rotatable bonds is 4. The summed E-state index contributed by atoms with van der Waals surface area (Å²) >= 11 is 6.36. The maximum Gasteiger partial charge on any atom is 0.149 e. The summed E-state index contributed by atoms with van der Waals surface area (Å²) in [6.07, 6.45) is 3.81. The molecular formula is C25H16ClFN4. The van der Waals surface area contributed by atoms with Crippen LogP contribution in [0.2, 0.25) is 5.02 Å². The van der Waals surface area contributed by atoms with E-state index in [4.69, 9.17) is 11.6 Å². The van der Waals surface area contributed by atoms with Crippen molar-refractivity contribution in [3.8, 4) is 6.07 Å². The predicted octanol–water partition coefficient (Wildman–Crippen LogP) is 6.42. The monoisotopic (exact) mass is 426 g/mol. The molecule has 0 bridgehead atoms. The highest BCUT2D eigenvalue weighted by Crippen LogP contribution is 2.28. The topological polar surface area (TPSA) is 57.4 Å². The third kappa shape index (κ3) is 3.58. The Bertz CT molecular complexity index is 1500. The lowest BCUT2D eigenvalue weighted by Gasteiger charge is -2.07. The zero-order valence-electron chi connectivity index (χ0n) is 16.3. The van der Waals surface area contributed by atoms with Gasteiger partial charge in [-0.15, -0.1) is 0 Å². The number of imidazole rings is 1. The summed E-state index contributed by atoms with van der Waals surface area (Å²) in [5, 5.41) is 11.5. The molecule has 0 saturated heterocycles. The summed E-state index contributed by atoms with van der Waals surface area (Å²) in [6.45, 7) is 0.611. The molecule has 0 unspecified atom stereocenters. The van der Waals surface area contributed by atoms with Gasteiger partial charge < -0.3 is 9.55 Å². The van der Waals surface area contributed by atoms with E-state index in [-0.39, 0.29) is 5.82 Å². The zero-order chi connectivity index (χ0) is 21.4. The number of nitrogens with zero attached hydrogens (tertiary/aromatic N) is 3. The van der Waals surface area contributed by atoms with E-state index < -0.39 is 0 Å². The first kappa shape index (κ1) is 19.1. The van der Waals surface area contributed by atoms with Crippen LogP contribution in [0.15, 0.2) is 72.9 Å². The Hall–Kier alpha value is -3.88. The van der Waals surface area contributed by atoms with Crippen LogP contribution in [0.4, 0.5) is 4.39 Å². The van der Waals surface area contributed by atoms with Crippen molar-refractivity contribution in [2.24, 2.45) is 0 Å². The van der Waals surface area contributed by atoms with Gasteiger partial charge in [0.1, 0.15) is 17.7 Å². The SMILES string of the molecule is N#C/C(=C/c1cn(Cc2ccccc2Cl)c2ccccc12)c1nc2ccc(F)cc2[nH]1. The second-order valence-corrected chi connectivity index (χ2v) is 7.64. The summed E-state index contributed by atoms with van der Waals surface area (Å²) in [6, 6.07) is 22.3. The van der Waals surface area contributed by atoms with Crippen molar-refractivity contribution in [2.75, 3.05) is 0 Å². The lowest BCUT2D eigenvalue weighted by Crippen LogP contribution is -1.98. The highest BCUT2D eigenvalue weighted by Gasteiger charge is 2.13. The zero-order valence-corrected chi connectivity index (χ0v) is 17.1. The van der Waals surface area contributed by atoms with Crippen molar-refractivity contribution in [2.45, 2.75) is 6.54 Å². The van der Waals surface area contributed by atoms with Gasteiger partial charge in [0.05, 0.1) is 16.6 Å². The first-order valence-electron chi connectivity index (χ1n) is 9.71. The standard InChI is InChI=1S/C25H16ClFN4/c26-21-7-3-1-5-16(21)14-31-15-18(20-6-2-4-8-24(20)31)11-17(13-28)25-29-22-10-9-19(27)12-23(22)30-25/h1-12,15H,14H2,(H,29,30)/b17-11-. The molecule has 0 aliphatic heterocycles. The van der Waals surface area contributed by atoms with Gasteiger partial charge in [-0.1, -0.05) is 48.0 Å². The van der Waals surface area contributed by atoms with E-state index in [1.807, 2.05) is 54.7 Å². The van der Waals surface area contributed by atoms with Gasteiger partial charge in [-0.3, -0.25) is 0 Å². The molecular weight excluding hydrogens is 411 g/mol. The molecule has 1 N–H and O–H groups in total. The summed E-state index contributed by atoms with van der Waals surface area (Å²) in [7, 11) is 0. The summed E-state index contributed by atoms with van der Waals surface area (Å²) in [4.78, 5) is 7.49. The summed E-state index contributed by atoms with van der Waals surface area (Å²) in [5.41, 5.74) is 4.48. The van der Waals surface area contributed by atoms with Crippen molar-refractivity contribution >= 4 is 45.2 Å². The number of fused-ring (bicyclic) bond motifs is 2. The number of hydrogen-bond acceptors (Lipinski definition) is 2. The summed E-state index contributed by atoms with van der Waals surface area (Å²) in [5.74, 6) is 0.0545. The molecule has 0 amide bonds. The van der Waals surface area contributed by atoms with Crippen LogP contribution < -0.4 is 0 Å². The number of nitrogens with one attached hydrogen (secondary N) is 1. The van der Waals surface area contributed by atoms with E-state index in [9.17, 15) is 9.65 Å². The van der Waals surface area contributed by atoms with E-state index in [0.717, 1.165) is 22.0 Å². The number of benzene rings is 3. The second kappa shape index (κ2) is 7.75. The quantitative estimate of drug-likeness (QED) is 0.337. The van der Waals surface area contributed by atoms with Crippen LogP contribution >= 0.6 is 11.6 Å². The fourth-order valence-electron chi connectivity index (χ4n) is 3.75. The van der Waals surface area contributed by atoms with Gasteiger partial charge in [0, 0.05) is 34.2 Å². The van der Waals surface area contributed by atoms with Crippen molar-refractivity contribution in [1.82, 2.24) is 14.5 Å². The van der Waals surface area contributed by atoms with Gasteiger partial charge in [0.2, 0.25) is 0 Å². The van der Waals surface area contributed by atoms with Crippen molar-refractivity contribution in [1.29, 1.82) is 5.26 Å². The normalized spacial score (nSPS) is 11.8. The molecule has 150 valence electrons. The second-order valence-electron chi connectivity index (χ2n) is 7.24. The van der Waals surface area contributed by atoms with Crippen LogP contribution in [0.3, 0.4) is 0 Å². The molecule has 5 aromatic rings. The Labute approximate surface area is 182 Å². The highest BCUT2D eigenvalue weighted by atomic mass is 35.5. The summed E-state index contributed by atoms with van der Waals surface area (Å²) < 4.78 is 15.6. The molecule has 5 rings (SSSR count). The number of H-pyrrole nitrogens is 1. The minimum absolute atomic E-state index is 0.354. The van der Waals surface area contributed by atoms with Crippen LogP contribution in [-0.4, -0.2) is 14.5 Å². The van der Waals surface area contributed by atoms with Gasteiger partial charge in [-0.2, -0.15) is 5.26 Å². The Morgan fingerprint density at radius 2 is 1.94 bits per heavy atom. The number of para-hydroxylation sites is 1.